The van der Waals surface area contributed by atoms with Crippen LogP contribution in [-0.2, 0) is 9.47 Å². The van der Waals surface area contributed by atoms with Gasteiger partial charge in [-0.15, -0.1) is 0 Å². The molecule has 3 atom stereocenters. The van der Waals surface area contributed by atoms with E-state index in [1.807, 2.05) is 0 Å². The lowest BCUT2D eigenvalue weighted by atomic mass is 10.0. The van der Waals surface area contributed by atoms with Crippen molar-refractivity contribution in [3.05, 3.63) is 0 Å². The van der Waals surface area contributed by atoms with Crippen molar-refractivity contribution in [3.8, 4) is 0 Å². The van der Waals surface area contributed by atoms with Crippen LogP contribution < -0.4 is 0 Å². The van der Waals surface area contributed by atoms with Crippen LogP contribution in [0.2, 0.25) is 0 Å². The zero-order valence-electron chi connectivity index (χ0n) is 7.30. The topological polar surface area (TPSA) is 18.5 Å². The van der Waals surface area contributed by atoms with E-state index in [1.54, 1.807) is 0 Å². The van der Waals surface area contributed by atoms with Gasteiger partial charge in [-0.25, -0.2) is 0 Å². The standard InChI is InChI=1S/C9H16O2/c1-3-7-8-5-4-6-9(2,10-7)11-8/h7-8H,3-6H2,1-2H3/t7-,8?,9?/m1/s1. The first-order chi connectivity index (χ1) is 5.23. The van der Waals surface area contributed by atoms with Crippen LogP contribution in [0.15, 0.2) is 0 Å². The molecule has 2 fully saturated rings. The smallest absolute Gasteiger partial charge is 0.166 e. The van der Waals surface area contributed by atoms with E-state index in [-0.39, 0.29) is 5.79 Å². The van der Waals surface area contributed by atoms with Crippen LogP contribution in [0.25, 0.3) is 0 Å². The Morgan fingerprint density at radius 1 is 1.45 bits per heavy atom. The summed E-state index contributed by atoms with van der Waals surface area (Å²) in [6.45, 7) is 4.23. The Morgan fingerprint density at radius 2 is 2.27 bits per heavy atom. The highest BCUT2D eigenvalue weighted by Gasteiger charge is 2.45. The number of rotatable bonds is 1. The van der Waals surface area contributed by atoms with Gasteiger partial charge in [-0.1, -0.05) is 6.92 Å². The second kappa shape index (κ2) is 2.46. The first-order valence-electron chi connectivity index (χ1n) is 4.59. The Hall–Kier alpha value is -0.0800. The third kappa shape index (κ3) is 1.18. The molecule has 0 aliphatic carbocycles. The van der Waals surface area contributed by atoms with E-state index in [0.717, 1.165) is 12.8 Å². The Balaban J connectivity index is 2.10. The second-order valence-electron chi connectivity index (χ2n) is 3.75. The summed E-state index contributed by atoms with van der Waals surface area (Å²) < 4.78 is 11.6. The van der Waals surface area contributed by atoms with E-state index in [0.29, 0.717) is 12.2 Å². The molecule has 2 rings (SSSR count). The molecule has 0 aromatic rings. The van der Waals surface area contributed by atoms with E-state index in [1.165, 1.54) is 12.8 Å². The average Bonchev–Trinajstić information content (AvgIpc) is 2.21. The summed E-state index contributed by atoms with van der Waals surface area (Å²) in [6.07, 6.45) is 5.35. The summed E-state index contributed by atoms with van der Waals surface area (Å²) in [5, 5.41) is 0. The minimum Gasteiger partial charge on any atom is -0.344 e. The molecule has 0 aromatic heterocycles. The van der Waals surface area contributed by atoms with Crippen LogP contribution in [0.4, 0.5) is 0 Å². The molecule has 2 bridgehead atoms. The third-order valence-electron chi connectivity index (χ3n) is 2.74. The van der Waals surface area contributed by atoms with Crippen molar-refractivity contribution in [3.63, 3.8) is 0 Å². The largest absolute Gasteiger partial charge is 0.344 e. The Morgan fingerprint density at radius 3 is 2.91 bits per heavy atom. The van der Waals surface area contributed by atoms with Gasteiger partial charge in [0.25, 0.3) is 0 Å². The molecule has 2 saturated heterocycles. The molecule has 11 heavy (non-hydrogen) atoms. The van der Waals surface area contributed by atoms with Crippen molar-refractivity contribution < 1.29 is 9.47 Å². The average molecular weight is 156 g/mol. The van der Waals surface area contributed by atoms with E-state index in [2.05, 4.69) is 13.8 Å². The maximum Gasteiger partial charge on any atom is 0.166 e. The lowest BCUT2D eigenvalue weighted by molar-refractivity contribution is -0.179. The van der Waals surface area contributed by atoms with Gasteiger partial charge in [-0.2, -0.15) is 0 Å². The van der Waals surface area contributed by atoms with Gasteiger partial charge in [0.15, 0.2) is 5.79 Å². The normalized spacial score (nSPS) is 49.6. The quantitative estimate of drug-likeness (QED) is 0.578. The van der Waals surface area contributed by atoms with Gasteiger partial charge in [0, 0.05) is 6.42 Å². The number of hydrogen-bond acceptors (Lipinski definition) is 2. The molecule has 2 heteroatoms. The highest BCUT2D eigenvalue weighted by atomic mass is 16.8. The summed E-state index contributed by atoms with van der Waals surface area (Å²) in [4.78, 5) is 0. The van der Waals surface area contributed by atoms with Crippen molar-refractivity contribution in [2.24, 2.45) is 0 Å². The van der Waals surface area contributed by atoms with Gasteiger partial charge in [-0.3, -0.25) is 0 Å². The lowest BCUT2D eigenvalue weighted by Crippen LogP contribution is -2.30. The summed E-state index contributed by atoms with van der Waals surface area (Å²) >= 11 is 0. The van der Waals surface area contributed by atoms with Crippen LogP contribution in [-0.4, -0.2) is 18.0 Å². The van der Waals surface area contributed by atoms with Gasteiger partial charge in [0.2, 0.25) is 0 Å². The molecule has 0 radical (unpaired) electrons. The fourth-order valence-corrected chi connectivity index (χ4v) is 2.15. The van der Waals surface area contributed by atoms with Crippen LogP contribution >= 0.6 is 0 Å². The highest BCUT2D eigenvalue weighted by molar-refractivity contribution is 4.87. The maximum absolute atomic E-state index is 5.80. The van der Waals surface area contributed by atoms with E-state index >= 15 is 0 Å². The zero-order valence-corrected chi connectivity index (χ0v) is 7.30. The van der Waals surface area contributed by atoms with E-state index < -0.39 is 0 Å². The molecule has 2 unspecified atom stereocenters. The minimum absolute atomic E-state index is 0.233. The predicted molar refractivity (Wildman–Crippen MR) is 42.3 cm³/mol. The SMILES string of the molecule is CC[C@H]1OC2(C)CCCC1O2. The van der Waals surface area contributed by atoms with Crippen LogP contribution in [0.3, 0.4) is 0 Å². The second-order valence-corrected chi connectivity index (χ2v) is 3.75. The van der Waals surface area contributed by atoms with Crippen molar-refractivity contribution in [1.29, 1.82) is 0 Å². The van der Waals surface area contributed by atoms with Crippen LogP contribution in [0.1, 0.15) is 39.5 Å². The Kier molecular flexibility index (Phi) is 1.69. The first-order valence-corrected chi connectivity index (χ1v) is 4.59. The number of fused-ring (bicyclic) bond motifs is 2. The van der Waals surface area contributed by atoms with Crippen molar-refractivity contribution in [1.82, 2.24) is 0 Å². The molecule has 2 aliphatic heterocycles. The van der Waals surface area contributed by atoms with E-state index in [4.69, 9.17) is 9.47 Å². The summed E-state index contributed by atoms with van der Waals surface area (Å²) in [5.74, 6) is -0.233. The molecule has 0 amide bonds. The van der Waals surface area contributed by atoms with Gasteiger partial charge in [0.1, 0.15) is 0 Å². The predicted octanol–water partition coefficient (Wildman–Crippen LogP) is 2.08. The van der Waals surface area contributed by atoms with Crippen molar-refractivity contribution in [2.75, 3.05) is 0 Å². The zero-order chi connectivity index (χ0) is 7.90. The fraction of sp³-hybridized carbons (Fsp3) is 1.00. The number of ether oxygens (including phenoxy) is 2. The molecule has 0 N–H and O–H groups in total. The maximum atomic E-state index is 5.80. The van der Waals surface area contributed by atoms with Gasteiger partial charge in [0.05, 0.1) is 12.2 Å². The summed E-state index contributed by atoms with van der Waals surface area (Å²) in [7, 11) is 0. The molecule has 0 aromatic carbocycles. The minimum atomic E-state index is -0.233. The first kappa shape index (κ1) is 7.56. The Labute approximate surface area is 67.9 Å². The molecule has 64 valence electrons. The molecule has 2 heterocycles. The van der Waals surface area contributed by atoms with Crippen LogP contribution in [0.5, 0.6) is 0 Å². The molecule has 0 spiro atoms. The van der Waals surface area contributed by atoms with Crippen LogP contribution in [0, 0.1) is 0 Å². The lowest BCUT2D eigenvalue weighted by Gasteiger charge is -2.26. The number of hydrogen-bond donors (Lipinski definition) is 0. The Bertz CT molecular complexity index is 158. The molecule has 2 nitrogen and oxygen atoms in total. The highest BCUT2D eigenvalue weighted by Crippen LogP contribution is 2.40. The molecule has 2 aliphatic rings. The monoisotopic (exact) mass is 156 g/mol. The molecular formula is C9H16O2. The fourth-order valence-electron chi connectivity index (χ4n) is 2.15. The van der Waals surface area contributed by atoms with Gasteiger partial charge in [-0.05, 0) is 26.2 Å². The van der Waals surface area contributed by atoms with E-state index in [9.17, 15) is 0 Å². The molecule has 0 saturated carbocycles. The summed E-state index contributed by atoms with van der Waals surface area (Å²) in [6, 6.07) is 0. The van der Waals surface area contributed by atoms with Gasteiger partial charge < -0.3 is 9.47 Å². The third-order valence-corrected chi connectivity index (χ3v) is 2.74. The summed E-state index contributed by atoms with van der Waals surface area (Å²) in [5.41, 5.74) is 0. The van der Waals surface area contributed by atoms with Gasteiger partial charge >= 0.3 is 0 Å². The van der Waals surface area contributed by atoms with Crippen molar-refractivity contribution >= 4 is 0 Å². The molecular weight excluding hydrogens is 140 g/mol. The van der Waals surface area contributed by atoms with Crippen molar-refractivity contribution in [2.45, 2.75) is 57.5 Å².